The molecule has 1 heterocycles. The number of benzene rings is 1. The monoisotopic (exact) mass is 319 g/mol. The Labute approximate surface area is 130 Å². The summed E-state index contributed by atoms with van der Waals surface area (Å²) in [5.41, 5.74) is 13.4. The van der Waals surface area contributed by atoms with Gasteiger partial charge in [0, 0.05) is 4.88 Å². The molecule has 1 aliphatic carbocycles. The fraction of sp³-hybridized carbons (Fsp3) is 0.200. The zero-order chi connectivity index (χ0) is 15.9. The van der Waals surface area contributed by atoms with E-state index >= 15 is 0 Å². The number of thiophene rings is 1. The number of fused-ring (bicyclic) bond motifs is 3. The lowest BCUT2D eigenvalue weighted by atomic mass is 10.0. The molecule has 0 radical (unpaired) electrons. The second kappa shape index (κ2) is 5.42. The van der Waals surface area contributed by atoms with Gasteiger partial charge in [-0.2, -0.15) is 0 Å². The number of rotatable bonds is 2. The van der Waals surface area contributed by atoms with Crippen molar-refractivity contribution in [2.75, 3.05) is 5.32 Å². The first kappa shape index (κ1) is 14.5. The van der Waals surface area contributed by atoms with Crippen molar-refractivity contribution in [3.63, 3.8) is 0 Å². The summed E-state index contributed by atoms with van der Waals surface area (Å²) in [7, 11) is 0. The third kappa shape index (κ3) is 2.43. The number of carbonyl (C=O) groups excluding carboxylic acids is 2. The number of urea groups is 1. The third-order valence-corrected chi connectivity index (χ3v) is 4.86. The van der Waals surface area contributed by atoms with Gasteiger partial charge in [0.25, 0.3) is 5.91 Å². The second-order valence-electron chi connectivity index (χ2n) is 5.12. The number of halogens is 1. The number of hydrogen-bond donors (Lipinski definition) is 3. The van der Waals surface area contributed by atoms with Crippen molar-refractivity contribution in [2.24, 2.45) is 11.5 Å². The van der Waals surface area contributed by atoms with Gasteiger partial charge in [0.15, 0.2) is 0 Å². The van der Waals surface area contributed by atoms with Crippen molar-refractivity contribution in [3.8, 4) is 10.4 Å². The Morgan fingerprint density at radius 3 is 2.68 bits per heavy atom. The average Bonchev–Trinajstić information content (AvgIpc) is 2.69. The van der Waals surface area contributed by atoms with E-state index in [4.69, 9.17) is 11.5 Å². The van der Waals surface area contributed by atoms with E-state index in [0.29, 0.717) is 11.4 Å². The molecule has 7 heteroatoms. The molecule has 0 saturated carbocycles. The van der Waals surface area contributed by atoms with Gasteiger partial charge >= 0.3 is 6.03 Å². The molecule has 0 atom stereocenters. The van der Waals surface area contributed by atoms with Crippen LogP contribution in [0.1, 0.15) is 27.9 Å². The number of nitrogens with two attached hydrogens (primary N) is 2. The van der Waals surface area contributed by atoms with E-state index < -0.39 is 11.9 Å². The van der Waals surface area contributed by atoms with Gasteiger partial charge in [0.05, 0.1) is 5.56 Å². The van der Waals surface area contributed by atoms with Crippen LogP contribution in [0.5, 0.6) is 0 Å². The summed E-state index contributed by atoms with van der Waals surface area (Å²) in [6.45, 7) is 0. The number of nitrogens with one attached hydrogen (secondary N) is 1. The van der Waals surface area contributed by atoms with Gasteiger partial charge in [0.1, 0.15) is 10.8 Å². The Morgan fingerprint density at radius 2 is 2.00 bits per heavy atom. The predicted octanol–water partition coefficient (Wildman–Crippen LogP) is 2.63. The summed E-state index contributed by atoms with van der Waals surface area (Å²) < 4.78 is 13.6. The number of aryl methyl sites for hydroxylation is 1. The van der Waals surface area contributed by atoms with Crippen LogP contribution in [0.15, 0.2) is 18.2 Å². The smallest absolute Gasteiger partial charge is 0.317 e. The van der Waals surface area contributed by atoms with Crippen LogP contribution in [0, 0.1) is 5.82 Å². The highest BCUT2D eigenvalue weighted by atomic mass is 32.1. The van der Waals surface area contributed by atoms with E-state index in [9.17, 15) is 14.0 Å². The van der Waals surface area contributed by atoms with E-state index in [0.717, 1.165) is 34.4 Å². The highest BCUT2D eigenvalue weighted by molar-refractivity contribution is 7.20. The predicted molar refractivity (Wildman–Crippen MR) is 83.5 cm³/mol. The molecule has 0 spiro atoms. The molecule has 22 heavy (non-hydrogen) atoms. The number of primary amides is 2. The lowest BCUT2D eigenvalue weighted by Gasteiger charge is -2.05. The molecular weight excluding hydrogens is 305 g/mol. The standard InChI is InChI=1S/C15H14FN3O2S/c16-8-5-4-7-2-1-3-9-11(13(17)20)14(19-15(18)21)22-12(9)10(7)6-8/h4-6H,1-3H2,(H2,17,20)(H3,18,19,21). The van der Waals surface area contributed by atoms with Crippen LogP contribution in [0.3, 0.4) is 0 Å². The number of hydrogen-bond acceptors (Lipinski definition) is 3. The summed E-state index contributed by atoms with van der Waals surface area (Å²) in [5.74, 6) is -0.967. The Hall–Kier alpha value is -2.41. The van der Waals surface area contributed by atoms with E-state index in [-0.39, 0.29) is 11.4 Å². The molecule has 0 aliphatic heterocycles. The molecule has 0 bridgehead atoms. The lowest BCUT2D eigenvalue weighted by molar-refractivity contribution is 0.100. The maximum atomic E-state index is 13.6. The van der Waals surface area contributed by atoms with Crippen LogP contribution >= 0.6 is 11.3 Å². The lowest BCUT2D eigenvalue weighted by Crippen LogP contribution is -2.22. The molecule has 0 saturated heterocycles. The van der Waals surface area contributed by atoms with E-state index in [2.05, 4.69) is 5.32 Å². The molecule has 1 aromatic carbocycles. The zero-order valence-electron chi connectivity index (χ0n) is 11.6. The van der Waals surface area contributed by atoms with E-state index in [1.54, 1.807) is 6.07 Å². The molecule has 0 fully saturated rings. The van der Waals surface area contributed by atoms with Gasteiger partial charge in [-0.15, -0.1) is 11.3 Å². The molecule has 2 aromatic rings. The molecule has 0 unspecified atom stereocenters. The topological polar surface area (TPSA) is 98.2 Å². The van der Waals surface area contributed by atoms with Gasteiger partial charge in [-0.05, 0) is 48.1 Å². The van der Waals surface area contributed by atoms with Crippen molar-refractivity contribution >= 4 is 28.3 Å². The highest BCUT2D eigenvalue weighted by Gasteiger charge is 2.26. The summed E-state index contributed by atoms with van der Waals surface area (Å²) in [5, 5.41) is 2.76. The quantitative estimate of drug-likeness (QED) is 0.793. The molecule has 3 amide bonds. The van der Waals surface area contributed by atoms with Crippen molar-refractivity contribution in [1.82, 2.24) is 0 Å². The maximum absolute atomic E-state index is 13.6. The highest BCUT2D eigenvalue weighted by Crippen LogP contribution is 2.44. The Morgan fingerprint density at radius 1 is 1.23 bits per heavy atom. The Balaban J connectivity index is 2.25. The Bertz CT molecular complexity index is 785. The van der Waals surface area contributed by atoms with E-state index in [1.165, 1.54) is 23.5 Å². The van der Waals surface area contributed by atoms with Gasteiger partial charge < -0.3 is 11.5 Å². The third-order valence-electron chi connectivity index (χ3n) is 3.68. The largest absolute Gasteiger partial charge is 0.365 e. The van der Waals surface area contributed by atoms with Crippen LogP contribution in [0.2, 0.25) is 0 Å². The summed E-state index contributed by atoms with van der Waals surface area (Å²) in [4.78, 5) is 23.7. The van der Waals surface area contributed by atoms with E-state index in [1.807, 2.05) is 0 Å². The molecule has 1 aromatic heterocycles. The van der Waals surface area contributed by atoms with Crippen molar-refractivity contribution in [1.29, 1.82) is 0 Å². The molecular formula is C15H14FN3O2S. The SMILES string of the molecule is NC(=O)Nc1sc2c(c1C(N)=O)CCCc1ccc(F)cc1-2. The molecule has 5 nitrogen and oxygen atoms in total. The fourth-order valence-corrected chi connectivity index (χ4v) is 4.12. The molecule has 5 N–H and O–H groups in total. The molecule has 114 valence electrons. The zero-order valence-corrected chi connectivity index (χ0v) is 12.4. The number of carbonyl (C=O) groups is 2. The van der Waals surface area contributed by atoms with Crippen LogP contribution in [-0.4, -0.2) is 11.9 Å². The van der Waals surface area contributed by atoms with Crippen LogP contribution in [-0.2, 0) is 12.8 Å². The molecule has 1 aliphatic rings. The molecule has 3 rings (SSSR count). The maximum Gasteiger partial charge on any atom is 0.317 e. The van der Waals surface area contributed by atoms with Crippen LogP contribution < -0.4 is 16.8 Å². The first-order valence-electron chi connectivity index (χ1n) is 6.78. The number of amides is 3. The van der Waals surface area contributed by atoms with Crippen molar-refractivity contribution in [3.05, 3.63) is 40.7 Å². The van der Waals surface area contributed by atoms with Crippen LogP contribution in [0.25, 0.3) is 10.4 Å². The first-order chi connectivity index (χ1) is 10.5. The minimum Gasteiger partial charge on any atom is -0.365 e. The fourth-order valence-electron chi connectivity index (χ4n) is 2.82. The van der Waals surface area contributed by atoms with Gasteiger partial charge in [-0.3, -0.25) is 10.1 Å². The van der Waals surface area contributed by atoms with Crippen LogP contribution in [0.4, 0.5) is 14.2 Å². The summed E-state index contributed by atoms with van der Waals surface area (Å²) in [6.07, 6.45) is 2.26. The summed E-state index contributed by atoms with van der Waals surface area (Å²) >= 11 is 1.20. The summed E-state index contributed by atoms with van der Waals surface area (Å²) in [6, 6.07) is 3.87. The number of anilines is 1. The second-order valence-corrected chi connectivity index (χ2v) is 6.14. The van der Waals surface area contributed by atoms with Crippen molar-refractivity contribution in [2.45, 2.75) is 19.3 Å². The van der Waals surface area contributed by atoms with Crippen molar-refractivity contribution < 1.29 is 14.0 Å². The normalized spacial score (nSPS) is 13.0. The van der Waals surface area contributed by atoms with Gasteiger partial charge in [0.2, 0.25) is 0 Å². The minimum atomic E-state index is -0.765. The van der Waals surface area contributed by atoms with Gasteiger partial charge in [-0.1, -0.05) is 6.07 Å². The first-order valence-corrected chi connectivity index (χ1v) is 7.59. The Kier molecular flexibility index (Phi) is 3.58. The van der Waals surface area contributed by atoms with Gasteiger partial charge in [-0.25, -0.2) is 9.18 Å². The average molecular weight is 319 g/mol. The minimum absolute atomic E-state index is 0.274.